The van der Waals surface area contributed by atoms with E-state index < -0.39 is 11.6 Å². The van der Waals surface area contributed by atoms with Crippen molar-refractivity contribution < 1.29 is 28.9 Å². The predicted octanol–water partition coefficient (Wildman–Crippen LogP) is 1.21. The molecule has 0 aromatic heterocycles. The van der Waals surface area contributed by atoms with Gasteiger partial charge >= 0.3 is 5.97 Å². The number of phenolic OH excluding ortho intramolecular Hbond substituents is 1. The molecule has 6 atom stereocenters. The number of rotatable bonds is 4. The van der Waals surface area contributed by atoms with E-state index in [9.17, 15) is 14.7 Å². The molecule has 1 aromatic carbocycles. The summed E-state index contributed by atoms with van der Waals surface area (Å²) in [6.45, 7) is 0.924. The smallest absolute Gasteiger partial charge is 0.330 e. The highest BCUT2D eigenvalue weighted by atomic mass is 16.6. The molecule has 2 spiro atoms. The summed E-state index contributed by atoms with van der Waals surface area (Å²) in [6, 6.07) is 3.62. The maximum absolute atomic E-state index is 12.8. The van der Waals surface area contributed by atoms with Crippen molar-refractivity contribution in [3.8, 4) is 11.5 Å². The van der Waals surface area contributed by atoms with Crippen LogP contribution in [-0.4, -0.2) is 73.5 Å². The molecule has 4 bridgehead atoms. The molecule has 7 rings (SSSR count). The van der Waals surface area contributed by atoms with E-state index in [0.717, 1.165) is 31.0 Å². The molecular weight excluding hydrogens is 424 g/mol. The zero-order valence-electron chi connectivity index (χ0n) is 19.0. The number of hydrogen-bond donors (Lipinski definition) is 2. The summed E-state index contributed by atoms with van der Waals surface area (Å²) >= 11 is 0. The molecule has 1 saturated carbocycles. The second kappa shape index (κ2) is 6.61. The Morgan fingerprint density at radius 2 is 2.09 bits per heavy atom. The van der Waals surface area contributed by atoms with E-state index in [-0.39, 0.29) is 40.7 Å². The number of aromatic hydroxyl groups is 1. The number of methoxy groups -OCH3 is 2. The summed E-state index contributed by atoms with van der Waals surface area (Å²) < 4.78 is 17.4. The van der Waals surface area contributed by atoms with Gasteiger partial charge in [0.2, 0.25) is 5.91 Å². The zero-order chi connectivity index (χ0) is 23.2. The van der Waals surface area contributed by atoms with Gasteiger partial charge in [0, 0.05) is 36.3 Å². The van der Waals surface area contributed by atoms with Crippen LogP contribution in [0.4, 0.5) is 0 Å². The van der Waals surface area contributed by atoms with Crippen molar-refractivity contribution in [3.05, 3.63) is 47.6 Å². The highest BCUT2D eigenvalue weighted by Gasteiger charge is 2.79. The average Bonchev–Trinajstić information content (AvgIpc) is 3.19. The van der Waals surface area contributed by atoms with Crippen LogP contribution in [0.5, 0.6) is 11.5 Å². The topological polar surface area (TPSA) is 97.3 Å². The second-order valence-corrected chi connectivity index (χ2v) is 9.92. The van der Waals surface area contributed by atoms with Gasteiger partial charge in [-0.15, -0.1) is 0 Å². The zero-order valence-corrected chi connectivity index (χ0v) is 19.0. The number of nitrogens with one attached hydrogen (secondary N) is 1. The third kappa shape index (κ3) is 2.28. The average molecular weight is 453 g/mol. The van der Waals surface area contributed by atoms with Gasteiger partial charge in [-0.25, -0.2) is 4.79 Å². The van der Waals surface area contributed by atoms with Gasteiger partial charge in [-0.05, 0) is 44.5 Å². The fourth-order valence-electron chi connectivity index (χ4n) is 7.65. The number of esters is 1. The van der Waals surface area contributed by atoms with Gasteiger partial charge in [-0.3, -0.25) is 4.79 Å². The Labute approximate surface area is 192 Å². The van der Waals surface area contributed by atoms with Crippen LogP contribution in [0.3, 0.4) is 0 Å². The van der Waals surface area contributed by atoms with E-state index in [2.05, 4.69) is 34.2 Å². The fraction of sp³-hybridized carbons (Fsp3) is 0.520. The summed E-state index contributed by atoms with van der Waals surface area (Å²) in [7, 11) is 5.08. The summed E-state index contributed by atoms with van der Waals surface area (Å²) in [4.78, 5) is 26.6. The van der Waals surface area contributed by atoms with Gasteiger partial charge in [0.25, 0.3) is 0 Å². The number of carbonyl (C=O) groups is 2. The number of hydrogen-bond acceptors (Lipinski definition) is 7. The van der Waals surface area contributed by atoms with Crippen molar-refractivity contribution in [3.63, 3.8) is 0 Å². The first-order valence-corrected chi connectivity index (χ1v) is 11.4. The molecular formula is C25H28N2O6. The summed E-state index contributed by atoms with van der Waals surface area (Å²) in [5.41, 5.74) is 0.830. The van der Waals surface area contributed by atoms with Crippen LogP contribution in [0, 0.1) is 5.41 Å². The van der Waals surface area contributed by atoms with Gasteiger partial charge in [0.1, 0.15) is 11.7 Å². The quantitative estimate of drug-likeness (QED) is 0.403. The molecule has 2 heterocycles. The summed E-state index contributed by atoms with van der Waals surface area (Å²) in [6.07, 6.45) is 8.69. The first kappa shape index (κ1) is 20.7. The third-order valence-electron chi connectivity index (χ3n) is 8.96. The lowest BCUT2D eigenvalue weighted by Crippen LogP contribution is -2.81. The van der Waals surface area contributed by atoms with Crippen molar-refractivity contribution in [2.45, 2.75) is 48.5 Å². The number of amides is 1. The van der Waals surface area contributed by atoms with Crippen LogP contribution >= 0.6 is 0 Å². The van der Waals surface area contributed by atoms with Crippen molar-refractivity contribution in [1.29, 1.82) is 0 Å². The number of fused-ring (bicyclic) bond motifs is 1. The van der Waals surface area contributed by atoms with Crippen LogP contribution in [0.15, 0.2) is 36.4 Å². The molecule has 33 heavy (non-hydrogen) atoms. The normalized spacial score (nSPS) is 39.3. The maximum atomic E-state index is 12.8. The van der Waals surface area contributed by atoms with Crippen molar-refractivity contribution in [1.82, 2.24) is 10.2 Å². The lowest BCUT2D eigenvalue weighted by molar-refractivity contribution is -0.200. The van der Waals surface area contributed by atoms with Crippen molar-refractivity contribution in [2.75, 3.05) is 27.8 Å². The minimum absolute atomic E-state index is 0.150. The van der Waals surface area contributed by atoms with E-state index in [4.69, 9.17) is 9.47 Å². The number of ether oxygens (including phenoxy) is 3. The maximum Gasteiger partial charge on any atom is 0.330 e. The number of carbonyl (C=O) groups excluding carboxylic acids is 2. The highest BCUT2D eigenvalue weighted by molar-refractivity contribution is 5.94. The van der Waals surface area contributed by atoms with Crippen molar-refractivity contribution >= 4 is 11.9 Å². The number of phenols is 1. The first-order chi connectivity index (χ1) is 15.8. The van der Waals surface area contributed by atoms with Crippen LogP contribution in [-0.2, 0) is 30.9 Å². The molecule has 174 valence electrons. The van der Waals surface area contributed by atoms with Gasteiger partial charge in [-0.1, -0.05) is 18.2 Å². The number of nitrogens with zero attached hydrogens (tertiary/aromatic N) is 1. The fourth-order valence-corrected chi connectivity index (χ4v) is 7.65. The second-order valence-electron chi connectivity index (χ2n) is 9.92. The van der Waals surface area contributed by atoms with Crippen LogP contribution in [0.2, 0.25) is 0 Å². The molecule has 2 aliphatic heterocycles. The standard InChI is InChI=1S/C25H28N2O6/c1-27-11-10-24-20-14-4-5-15(28)21(20)33-22(24)25(32-3)9-8-23(24,17(27)12-14)13-16(25)26-18(29)6-7-19(30)31-2/h4-9,16-17,22,28H,10-13H2,1-3H3,(H,26,29)/b7-6+/t16-,17?,22+,23+,24?,25+/m0/s1. The molecule has 8 nitrogen and oxygen atoms in total. The number of likely N-dealkylation sites (N-methyl/N-ethyl adjacent to an activating group) is 1. The lowest BCUT2D eigenvalue weighted by atomic mass is 9.38. The molecule has 2 unspecified atom stereocenters. The minimum Gasteiger partial charge on any atom is -0.504 e. The monoisotopic (exact) mass is 452 g/mol. The van der Waals surface area contributed by atoms with Crippen LogP contribution < -0.4 is 10.1 Å². The van der Waals surface area contributed by atoms with Gasteiger partial charge < -0.3 is 29.5 Å². The molecule has 2 fully saturated rings. The van der Waals surface area contributed by atoms with E-state index in [1.54, 1.807) is 13.2 Å². The molecule has 0 radical (unpaired) electrons. The molecule has 2 N–H and O–H groups in total. The van der Waals surface area contributed by atoms with E-state index in [0.29, 0.717) is 12.2 Å². The van der Waals surface area contributed by atoms with Crippen LogP contribution in [0.25, 0.3) is 0 Å². The Morgan fingerprint density at radius 1 is 1.27 bits per heavy atom. The molecule has 8 heteroatoms. The Kier molecular flexibility index (Phi) is 4.15. The molecule has 4 aliphatic carbocycles. The molecule has 1 saturated heterocycles. The summed E-state index contributed by atoms with van der Waals surface area (Å²) in [5.74, 6) is -0.262. The number of benzene rings is 1. The van der Waals surface area contributed by atoms with E-state index >= 15 is 0 Å². The Morgan fingerprint density at radius 3 is 2.85 bits per heavy atom. The van der Waals surface area contributed by atoms with Crippen LogP contribution in [0.1, 0.15) is 24.0 Å². The predicted molar refractivity (Wildman–Crippen MR) is 118 cm³/mol. The largest absolute Gasteiger partial charge is 0.504 e. The third-order valence-corrected chi connectivity index (χ3v) is 8.96. The van der Waals surface area contributed by atoms with E-state index in [1.807, 2.05) is 6.07 Å². The summed E-state index contributed by atoms with van der Waals surface area (Å²) in [5, 5.41) is 13.8. The first-order valence-electron chi connectivity index (χ1n) is 11.4. The highest BCUT2D eigenvalue weighted by Crippen LogP contribution is 2.73. The van der Waals surface area contributed by atoms with Crippen molar-refractivity contribution in [2.24, 2.45) is 5.41 Å². The molecule has 1 aromatic rings. The Balaban J connectivity index is 1.50. The molecule has 6 aliphatic rings. The lowest BCUT2D eigenvalue weighted by Gasteiger charge is -2.71. The molecule has 1 amide bonds. The number of piperidine rings is 1. The van der Waals surface area contributed by atoms with Gasteiger partial charge in [0.15, 0.2) is 11.5 Å². The number of likely N-dealkylation sites (tertiary alicyclic amines) is 1. The Hall–Kier alpha value is -2.84. The SMILES string of the molecule is COC(=O)/C=C/C(=O)N[C@H]1C[C@@]23C=C[C@]1(OC)[C@@H]1Oc4c(O)ccc5c4C12CCN(C)C3C5. The minimum atomic E-state index is -0.906. The van der Waals surface area contributed by atoms with E-state index in [1.165, 1.54) is 18.7 Å². The van der Waals surface area contributed by atoms with Gasteiger partial charge in [0.05, 0.1) is 18.6 Å². The van der Waals surface area contributed by atoms with Gasteiger partial charge in [-0.2, -0.15) is 0 Å². The Bertz CT molecular complexity index is 1130.